The molecule has 2 aromatic rings. The van der Waals surface area contributed by atoms with Crippen LogP contribution in [0.2, 0.25) is 0 Å². The molecule has 0 saturated carbocycles. The van der Waals surface area contributed by atoms with Crippen LogP contribution in [0.5, 0.6) is 0 Å². The number of carbonyl (C=O) groups is 1. The van der Waals surface area contributed by atoms with Crippen LogP contribution < -0.4 is 0 Å². The maximum Gasteiger partial charge on any atom is 0.252 e. The molecule has 0 N–H and O–H groups in total. The molecule has 1 aromatic heterocycles. The number of aryl methyl sites for hydroxylation is 1. The third-order valence-electron chi connectivity index (χ3n) is 4.95. The molecule has 0 unspecified atom stereocenters. The van der Waals surface area contributed by atoms with E-state index in [-0.39, 0.29) is 5.91 Å². The van der Waals surface area contributed by atoms with Crippen molar-refractivity contribution in [3.05, 3.63) is 52.9 Å². The molecule has 0 bridgehead atoms. The smallest absolute Gasteiger partial charge is 0.252 e. The lowest BCUT2D eigenvalue weighted by Crippen LogP contribution is -2.50. The van der Waals surface area contributed by atoms with Crippen molar-refractivity contribution in [3.63, 3.8) is 0 Å². The summed E-state index contributed by atoms with van der Waals surface area (Å²) in [6.07, 6.45) is 1.17. The second kappa shape index (κ2) is 8.54. The van der Waals surface area contributed by atoms with Crippen molar-refractivity contribution in [2.75, 3.05) is 26.2 Å². The molecule has 1 aliphatic rings. The zero-order valence-corrected chi connectivity index (χ0v) is 17.4. The summed E-state index contributed by atoms with van der Waals surface area (Å²) in [6.45, 7) is 5.95. The fourth-order valence-corrected chi connectivity index (χ4v) is 5.76. The lowest BCUT2D eigenvalue weighted by molar-refractivity contribution is -0.132. The first-order chi connectivity index (χ1) is 12.9. The monoisotopic (exact) mass is 406 g/mol. The van der Waals surface area contributed by atoms with Crippen LogP contribution in [0.15, 0.2) is 46.0 Å². The molecule has 0 spiro atoms. The van der Waals surface area contributed by atoms with E-state index in [0.29, 0.717) is 49.1 Å². The minimum atomic E-state index is -3.42. The largest absolute Gasteiger partial charge is 0.340 e. The second-order valence-electron chi connectivity index (χ2n) is 7.11. The highest BCUT2D eigenvalue weighted by Crippen LogP contribution is 2.22. The molecule has 1 aromatic carbocycles. The Labute approximate surface area is 165 Å². The van der Waals surface area contributed by atoms with Crippen molar-refractivity contribution in [3.8, 4) is 0 Å². The molecule has 146 valence electrons. The first-order valence-corrected chi connectivity index (χ1v) is 11.6. The van der Waals surface area contributed by atoms with Gasteiger partial charge in [0.1, 0.15) is 4.21 Å². The van der Waals surface area contributed by atoms with Crippen LogP contribution in [0.1, 0.15) is 37.3 Å². The minimum Gasteiger partial charge on any atom is -0.340 e. The van der Waals surface area contributed by atoms with Crippen molar-refractivity contribution >= 4 is 27.3 Å². The summed E-state index contributed by atoms with van der Waals surface area (Å²) < 4.78 is 26.9. The standard InChI is InChI=1S/C20H26N2O3S2/c1-16(2)18-8-5-17(6-9-18)7-10-19(23)21-11-13-22(14-12-21)27(24,25)20-4-3-15-26-20/h3-6,8-9,15-16H,7,10-14H2,1-2H3. The van der Waals surface area contributed by atoms with Gasteiger partial charge in [0.15, 0.2) is 0 Å². The van der Waals surface area contributed by atoms with Crippen LogP contribution in [0.3, 0.4) is 0 Å². The number of piperazine rings is 1. The topological polar surface area (TPSA) is 57.7 Å². The van der Waals surface area contributed by atoms with Crippen LogP contribution in [-0.2, 0) is 21.2 Å². The van der Waals surface area contributed by atoms with Crippen LogP contribution in [0, 0.1) is 0 Å². The summed E-state index contributed by atoms with van der Waals surface area (Å²) in [7, 11) is -3.42. The summed E-state index contributed by atoms with van der Waals surface area (Å²) in [6, 6.07) is 11.8. The maximum absolute atomic E-state index is 12.5. The van der Waals surface area contributed by atoms with Gasteiger partial charge in [-0.2, -0.15) is 4.31 Å². The molecule has 1 saturated heterocycles. The number of hydrogen-bond acceptors (Lipinski definition) is 4. The number of amides is 1. The molecule has 0 aliphatic carbocycles. The fraction of sp³-hybridized carbons (Fsp3) is 0.450. The van der Waals surface area contributed by atoms with Gasteiger partial charge in [0.25, 0.3) is 10.0 Å². The quantitative estimate of drug-likeness (QED) is 0.739. The van der Waals surface area contributed by atoms with Gasteiger partial charge in [-0.15, -0.1) is 11.3 Å². The normalized spacial score (nSPS) is 16.0. The Morgan fingerprint density at radius 1 is 1.07 bits per heavy atom. The van der Waals surface area contributed by atoms with E-state index < -0.39 is 10.0 Å². The van der Waals surface area contributed by atoms with Gasteiger partial charge >= 0.3 is 0 Å². The second-order valence-corrected chi connectivity index (χ2v) is 10.2. The predicted octanol–water partition coefficient (Wildman–Crippen LogP) is 3.34. The lowest BCUT2D eigenvalue weighted by atomic mass is 10.00. The molecule has 5 nitrogen and oxygen atoms in total. The third-order valence-corrected chi connectivity index (χ3v) is 8.23. The van der Waals surface area contributed by atoms with Crippen molar-refractivity contribution in [1.29, 1.82) is 0 Å². The average Bonchev–Trinajstić information content (AvgIpc) is 3.22. The van der Waals surface area contributed by atoms with Gasteiger partial charge in [-0.3, -0.25) is 4.79 Å². The molecular weight excluding hydrogens is 380 g/mol. The number of rotatable bonds is 6. The molecular formula is C20H26N2O3S2. The molecule has 1 aliphatic heterocycles. The Morgan fingerprint density at radius 2 is 1.74 bits per heavy atom. The van der Waals surface area contributed by atoms with E-state index in [1.54, 1.807) is 22.4 Å². The molecule has 0 atom stereocenters. The maximum atomic E-state index is 12.5. The number of thiophene rings is 1. The molecule has 1 fully saturated rings. The van der Waals surface area contributed by atoms with Crippen molar-refractivity contribution < 1.29 is 13.2 Å². The fourth-order valence-electron chi connectivity index (χ4n) is 3.19. The van der Waals surface area contributed by atoms with E-state index >= 15 is 0 Å². The summed E-state index contributed by atoms with van der Waals surface area (Å²) in [5.41, 5.74) is 2.46. The van der Waals surface area contributed by atoms with E-state index in [4.69, 9.17) is 0 Å². The third kappa shape index (κ3) is 4.78. The lowest BCUT2D eigenvalue weighted by Gasteiger charge is -2.33. The zero-order chi connectivity index (χ0) is 19.4. The molecule has 3 rings (SSSR count). The van der Waals surface area contributed by atoms with E-state index in [9.17, 15) is 13.2 Å². The van der Waals surface area contributed by atoms with Crippen molar-refractivity contribution in [2.24, 2.45) is 0 Å². The van der Waals surface area contributed by atoms with Gasteiger partial charge in [-0.1, -0.05) is 44.2 Å². The number of sulfonamides is 1. The predicted molar refractivity (Wildman–Crippen MR) is 109 cm³/mol. The number of nitrogens with zero attached hydrogens (tertiary/aromatic N) is 2. The highest BCUT2D eigenvalue weighted by Gasteiger charge is 2.30. The average molecular weight is 407 g/mol. The van der Waals surface area contributed by atoms with Gasteiger partial charge in [0.2, 0.25) is 5.91 Å². The van der Waals surface area contributed by atoms with Crippen LogP contribution in [-0.4, -0.2) is 49.7 Å². The van der Waals surface area contributed by atoms with E-state index in [1.165, 1.54) is 21.2 Å². The van der Waals surface area contributed by atoms with Gasteiger partial charge in [-0.25, -0.2) is 8.42 Å². The Balaban J connectivity index is 1.50. The Hall–Kier alpha value is -1.70. The molecule has 7 heteroatoms. The first kappa shape index (κ1) is 20.0. The van der Waals surface area contributed by atoms with E-state index in [2.05, 4.69) is 38.1 Å². The Bertz CT molecular complexity index is 851. The van der Waals surface area contributed by atoms with Crippen LogP contribution in [0.25, 0.3) is 0 Å². The van der Waals surface area contributed by atoms with Gasteiger partial charge < -0.3 is 4.90 Å². The highest BCUT2D eigenvalue weighted by molar-refractivity contribution is 7.91. The summed E-state index contributed by atoms with van der Waals surface area (Å²) in [5.74, 6) is 0.596. The van der Waals surface area contributed by atoms with Crippen molar-refractivity contribution in [1.82, 2.24) is 9.21 Å². The number of hydrogen-bond donors (Lipinski definition) is 0. The van der Waals surface area contributed by atoms with Crippen molar-refractivity contribution in [2.45, 2.75) is 36.8 Å². The summed E-state index contributed by atoms with van der Waals surface area (Å²) >= 11 is 1.23. The molecule has 2 heterocycles. The molecule has 0 radical (unpaired) electrons. The minimum absolute atomic E-state index is 0.0936. The van der Waals surface area contributed by atoms with Crippen LogP contribution in [0.4, 0.5) is 0 Å². The molecule has 27 heavy (non-hydrogen) atoms. The van der Waals surface area contributed by atoms with Gasteiger partial charge in [0.05, 0.1) is 0 Å². The first-order valence-electron chi connectivity index (χ1n) is 9.28. The van der Waals surface area contributed by atoms with E-state index in [0.717, 1.165) is 5.56 Å². The number of benzene rings is 1. The number of carbonyl (C=O) groups excluding carboxylic acids is 1. The summed E-state index contributed by atoms with van der Waals surface area (Å²) in [5, 5.41) is 1.76. The molecule has 1 amide bonds. The Kier molecular flexibility index (Phi) is 6.34. The zero-order valence-electron chi connectivity index (χ0n) is 15.8. The Morgan fingerprint density at radius 3 is 2.30 bits per heavy atom. The summed E-state index contributed by atoms with van der Waals surface area (Å²) in [4.78, 5) is 14.3. The van der Waals surface area contributed by atoms with E-state index in [1.807, 2.05) is 0 Å². The van der Waals surface area contributed by atoms with Gasteiger partial charge in [0, 0.05) is 32.6 Å². The highest BCUT2D eigenvalue weighted by atomic mass is 32.2. The SMILES string of the molecule is CC(C)c1ccc(CCC(=O)N2CCN(S(=O)(=O)c3cccs3)CC2)cc1. The van der Waals surface area contributed by atoms with Crippen LogP contribution >= 0.6 is 11.3 Å². The van der Waals surface area contributed by atoms with Gasteiger partial charge in [-0.05, 0) is 34.9 Å².